The van der Waals surface area contributed by atoms with Gasteiger partial charge in [0.25, 0.3) is 0 Å². The van der Waals surface area contributed by atoms with Gasteiger partial charge in [0, 0.05) is 17.9 Å². The number of cyclic esters (lactones) is 1. The van der Waals surface area contributed by atoms with Crippen molar-refractivity contribution in [2.75, 3.05) is 20.8 Å². The molecule has 0 unspecified atom stereocenters. The van der Waals surface area contributed by atoms with Gasteiger partial charge in [-0.15, -0.1) is 0 Å². The summed E-state index contributed by atoms with van der Waals surface area (Å²) in [6.45, 7) is 3.11. The maximum atomic E-state index is 12.5. The molecule has 0 fully saturated rings. The summed E-state index contributed by atoms with van der Waals surface area (Å²) < 4.78 is 21.0. The molecule has 0 saturated carbocycles. The molecule has 2 aliphatic rings. The van der Waals surface area contributed by atoms with Crippen LogP contribution in [0.2, 0.25) is 0 Å². The number of hydrogen-bond acceptors (Lipinski definition) is 7. The molecule has 8 heteroatoms. The average molecular weight is 375 g/mol. The predicted octanol–water partition coefficient (Wildman–Crippen LogP) is 1.44. The van der Waals surface area contributed by atoms with E-state index in [4.69, 9.17) is 14.2 Å². The van der Waals surface area contributed by atoms with Crippen molar-refractivity contribution in [2.45, 2.75) is 31.8 Å². The van der Waals surface area contributed by atoms with E-state index < -0.39 is 23.5 Å². The van der Waals surface area contributed by atoms with Gasteiger partial charge in [-0.1, -0.05) is 12.1 Å². The van der Waals surface area contributed by atoms with Crippen molar-refractivity contribution >= 4 is 17.8 Å². The molecule has 0 aliphatic carbocycles. The lowest BCUT2D eigenvalue weighted by Crippen LogP contribution is -2.38. The quantitative estimate of drug-likeness (QED) is 0.777. The monoisotopic (exact) mass is 375 g/mol. The van der Waals surface area contributed by atoms with Crippen molar-refractivity contribution in [3.63, 3.8) is 0 Å². The summed E-state index contributed by atoms with van der Waals surface area (Å²) in [5.74, 6) is -1.18. The van der Waals surface area contributed by atoms with E-state index in [9.17, 15) is 14.4 Å². The Hall–Kier alpha value is -3.03. The molecule has 2 aliphatic heterocycles. The van der Waals surface area contributed by atoms with Gasteiger partial charge in [0.1, 0.15) is 5.60 Å². The molecule has 1 atom stereocenters. The number of para-hydroxylation sites is 1. The van der Waals surface area contributed by atoms with Crippen LogP contribution >= 0.6 is 0 Å². The van der Waals surface area contributed by atoms with E-state index >= 15 is 0 Å². The van der Waals surface area contributed by atoms with Gasteiger partial charge in [-0.05, 0) is 19.9 Å². The molecule has 0 bridgehead atoms. The summed E-state index contributed by atoms with van der Waals surface area (Å²) in [5.41, 5.74) is 0.480. The van der Waals surface area contributed by atoms with Gasteiger partial charge in [0.2, 0.25) is 5.91 Å². The fourth-order valence-electron chi connectivity index (χ4n) is 3.35. The van der Waals surface area contributed by atoms with Gasteiger partial charge in [-0.25, -0.2) is 9.59 Å². The first-order valence-electron chi connectivity index (χ1n) is 8.42. The van der Waals surface area contributed by atoms with Gasteiger partial charge >= 0.3 is 11.9 Å². The van der Waals surface area contributed by atoms with Gasteiger partial charge in [0.15, 0.2) is 18.1 Å². The molecule has 0 saturated heterocycles. The van der Waals surface area contributed by atoms with E-state index in [0.29, 0.717) is 22.6 Å². The molecular weight excluding hydrogens is 354 g/mol. The lowest BCUT2D eigenvalue weighted by atomic mass is 9.82. The Morgan fingerprint density at radius 1 is 1.30 bits per heavy atom. The van der Waals surface area contributed by atoms with E-state index in [0.717, 1.165) is 0 Å². The molecule has 8 nitrogen and oxygen atoms in total. The van der Waals surface area contributed by atoms with Crippen LogP contribution in [0.5, 0.6) is 11.5 Å². The van der Waals surface area contributed by atoms with Crippen molar-refractivity contribution in [3.8, 4) is 11.5 Å². The first kappa shape index (κ1) is 18.8. The molecule has 144 valence electrons. The fraction of sp³-hybridized carbons (Fsp3) is 0.421. The minimum atomic E-state index is -0.924. The number of methoxy groups -OCH3 is 2. The Morgan fingerprint density at radius 3 is 2.70 bits per heavy atom. The number of hydrogen-bond donors (Lipinski definition) is 1. The van der Waals surface area contributed by atoms with Crippen LogP contribution in [-0.2, 0) is 23.9 Å². The zero-order valence-electron chi connectivity index (χ0n) is 15.6. The first-order chi connectivity index (χ1) is 12.8. The Morgan fingerprint density at radius 2 is 2.04 bits per heavy atom. The third-order valence-corrected chi connectivity index (χ3v) is 4.61. The maximum absolute atomic E-state index is 12.5. The van der Waals surface area contributed by atoms with Gasteiger partial charge < -0.3 is 24.3 Å². The van der Waals surface area contributed by atoms with E-state index in [1.54, 1.807) is 32.0 Å². The molecule has 1 aromatic carbocycles. The zero-order chi connectivity index (χ0) is 19.8. The highest BCUT2D eigenvalue weighted by Gasteiger charge is 2.48. The minimum absolute atomic E-state index is 0.0474. The Kier molecular flexibility index (Phi) is 4.82. The highest BCUT2D eigenvalue weighted by molar-refractivity contribution is 5.99. The number of carbonyl (C=O) groups is 3. The van der Waals surface area contributed by atoms with E-state index in [1.807, 2.05) is 0 Å². The number of amides is 1. The lowest BCUT2D eigenvalue weighted by Gasteiger charge is -2.28. The molecule has 3 rings (SSSR count). The molecule has 1 amide bonds. The number of carbonyl (C=O) groups excluding carboxylic acids is 3. The second kappa shape index (κ2) is 6.94. The molecule has 0 radical (unpaired) electrons. The third kappa shape index (κ3) is 3.34. The second-order valence-electron chi connectivity index (χ2n) is 6.74. The molecule has 0 aromatic heterocycles. The Labute approximate surface area is 156 Å². The van der Waals surface area contributed by atoms with Crippen LogP contribution in [0.3, 0.4) is 0 Å². The summed E-state index contributed by atoms with van der Waals surface area (Å²) >= 11 is 0. The normalized spacial score (nSPS) is 20.5. The summed E-state index contributed by atoms with van der Waals surface area (Å²) in [5, 5.41) is 2.75. The standard InChI is InChI=1S/C19H21NO7/c1-19(2)17-15(18(23)27-19)11(8-13(21)20-17)10-6-5-7-12(24-3)16(10)26-9-14(22)25-4/h5-7,11H,8-9H2,1-4H3,(H,20,21)/t11-/m0/s1. The van der Waals surface area contributed by atoms with Crippen LogP contribution in [0.1, 0.15) is 31.7 Å². The molecule has 2 heterocycles. The highest BCUT2D eigenvalue weighted by Crippen LogP contribution is 2.46. The molecule has 1 aromatic rings. The van der Waals surface area contributed by atoms with E-state index in [2.05, 4.69) is 10.1 Å². The molecule has 1 N–H and O–H groups in total. The van der Waals surface area contributed by atoms with Crippen molar-refractivity contribution in [3.05, 3.63) is 35.0 Å². The summed E-state index contributed by atoms with van der Waals surface area (Å²) in [6.07, 6.45) is 0.0474. The van der Waals surface area contributed by atoms with E-state index in [1.165, 1.54) is 14.2 Å². The summed E-state index contributed by atoms with van der Waals surface area (Å²) in [6, 6.07) is 5.14. The Bertz CT molecular complexity index is 840. The zero-order valence-corrected chi connectivity index (χ0v) is 15.6. The van der Waals surface area contributed by atoms with Crippen LogP contribution in [0.25, 0.3) is 0 Å². The van der Waals surface area contributed by atoms with Crippen molar-refractivity contribution in [1.82, 2.24) is 5.32 Å². The van der Waals surface area contributed by atoms with Crippen LogP contribution in [0, 0.1) is 0 Å². The predicted molar refractivity (Wildman–Crippen MR) is 93.2 cm³/mol. The van der Waals surface area contributed by atoms with E-state index in [-0.39, 0.29) is 24.7 Å². The Balaban J connectivity index is 2.09. The third-order valence-electron chi connectivity index (χ3n) is 4.61. The van der Waals surface area contributed by atoms with Gasteiger partial charge in [0.05, 0.1) is 25.5 Å². The van der Waals surface area contributed by atoms with Crippen LogP contribution in [0.15, 0.2) is 29.5 Å². The maximum Gasteiger partial charge on any atom is 0.343 e. The second-order valence-corrected chi connectivity index (χ2v) is 6.74. The SMILES string of the molecule is COC(=O)COc1c(OC)cccc1[C@@H]1CC(=O)NC2=C1C(=O)OC2(C)C. The van der Waals surface area contributed by atoms with Crippen LogP contribution in [0.4, 0.5) is 0 Å². The number of esters is 2. The number of rotatable bonds is 5. The topological polar surface area (TPSA) is 100 Å². The smallest absolute Gasteiger partial charge is 0.343 e. The lowest BCUT2D eigenvalue weighted by molar-refractivity contribution is -0.145. The first-order valence-corrected chi connectivity index (χ1v) is 8.42. The minimum Gasteiger partial charge on any atom is -0.493 e. The molecule has 27 heavy (non-hydrogen) atoms. The van der Waals surface area contributed by atoms with Gasteiger partial charge in [-0.2, -0.15) is 0 Å². The fourth-order valence-corrected chi connectivity index (χ4v) is 3.35. The van der Waals surface area contributed by atoms with Crippen molar-refractivity contribution in [1.29, 1.82) is 0 Å². The van der Waals surface area contributed by atoms with Gasteiger partial charge in [-0.3, -0.25) is 4.79 Å². The molecule has 0 spiro atoms. The molecular formula is C19H21NO7. The van der Waals surface area contributed by atoms with Crippen LogP contribution < -0.4 is 14.8 Å². The van der Waals surface area contributed by atoms with Crippen LogP contribution in [-0.4, -0.2) is 44.3 Å². The highest BCUT2D eigenvalue weighted by atomic mass is 16.6. The number of ether oxygens (including phenoxy) is 4. The number of nitrogens with one attached hydrogen (secondary N) is 1. The largest absolute Gasteiger partial charge is 0.493 e. The number of benzene rings is 1. The summed E-state index contributed by atoms with van der Waals surface area (Å²) in [7, 11) is 2.73. The van der Waals surface area contributed by atoms with Crippen molar-refractivity contribution in [2.24, 2.45) is 0 Å². The van der Waals surface area contributed by atoms with Crippen molar-refractivity contribution < 1.29 is 33.3 Å². The average Bonchev–Trinajstić information content (AvgIpc) is 2.87. The summed E-state index contributed by atoms with van der Waals surface area (Å²) in [4.78, 5) is 36.3.